The quantitative estimate of drug-likeness (QED) is 0.633. The first-order chi connectivity index (χ1) is 13.7. The second-order valence-electron chi connectivity index (χ2n) is 5.90. The number of amides is 1. The summed E-state index contributed by atoms with van der Waals surface area (Å²) in [5, 5.41) is 10.7. The van der Waals surface area contributed by atoms with Gasteiger partial charge < -0.3 is 14.8 Å². The van der Waals surface area contributed by atoms with Crippen LogP contribution in [-0.2, 0) is 22.5 Å². The van der Waals surface area contributed by atoms with E-state index in [0.29, 0.717) is 23.5 Å². The Labute approximate surface area is 162 Å². The zero-order valence-corrected chi connectivity index (χ0v) is 15.4. The molecule has 3 aromatic rings. The highest BCUT2D eigenvalue weighted by Crippen LogP contribution is 2.15. The average molecular weight is 380 g/mol. The molecule has 1 amide bonds. The number of nitrogens with one attached hydrogen (secondary N) is 1. The number of carbonyl (C=O) groups excluding carboxylic acids is 2. The maximum Gasteiger partial charge on any atom is 0.407 e. The number of hydrogen-bond donors (Lipinski definition) is 1. The van der Waals surface area contributed by atoms with Crippen molar-refractivity contribution in [2.24, 2.45) is 0 Å². The third-order valence-corrected chi connectivity index (χ3v) is 3.97. The number of aromatic nitrogens is 3. The number of benzene rings is 2. The second kappa shape index (κ2) is 9.31. The van der Waals surface area contributed by atoms with Gasteiger partial charge in [-0.3, -0.25) is 0 Å². The summed E-state index contributed by atoms with van der Waals surface area (Å²) in [4.78, 5) is 23.7. The number of ether oxygens (including phenoxy) is 2. The molecule has 1 N–H and O–H groups in total. The number of alkyl carbamates (subject to hydrolysis) is 1. The molecule has 0 radical (unpaired) electrons. The molecule has 1 aromatic heterocycles. The van der Waals surface area contributed by atoms with Crippen LogP contribution < -0.4 is 5.32 Å². The van der Waals surface area contributed by atoms with Gasteiger partial charge in [-0.05, 0) is 24.1 Å². The fourth-order valence-corrected chi connectivity index (χ4v) is 2.58. The summed E-state index contributed by atoms with van der Waals surface area (Å²) in [6, 6.07) is 16.7. The lowest BCUT2D eigenvalue weighted by molar-refractivity contribution is 0.0600. The van der Waals surface area contributed by atoms with E-state index in [1.54, 1.807) is 30.5 Å². The molecule has 0 aliphatic rings. The molecule has 0 aliphatic carbocycles. The van der Waals surface area contributed by atoms with Crippen molar-refractivity contribution in [3.05, 3.63) is 77.6 Å². The van der Waals surface area contributed by atoms with Crippen molar-refractivity contribution in [1.82, 2.24) is 20.3 Å². The predicted molar refractivity (Wildman–Crippen MR) is 101 cm³/mol. The zero-order chi connectivity index (χ0) is 19.8. The van der Waals surface area contributed by atoms with Crippen LogP contribution in [0.3, 0.4) is 0 Å². The largest absolute Gasteiger partial charge is 0.465 e. The van der Waals surface area contributed by atoms with Crippen LogP contribution in [0.4, 0.5) is 4.79 Å². The third kappa shape index (κ3) is 4.94. The smallest absolute Gasteiger partial charge is 0.407 e. The van der Waals surface area contributed by atoms with Crippen molar-refractivity contribution in [3.8, 4) is 5.69 Å². The molecule has 0 saturated heterocycles. The monoisotopic (exact) mass is 380 g/mol. The van der Waals surface area contributed by atoms with Crippen LogP contribution in [0.1, 0.15) is 21.6 Å². The number of rotatable bonds is 7. The molecule has 3 rings (SSSR count). The maximum absolute atomic E-state index is 11.9. The van der Waals surface area contributed by atoms with Gasteiger partial charge in [-0.2, -0.15) is 0 Å². The molecule has 2 aromatic carbocycles. The van der Waals surface area contributed by atoms with Crippen molar-refractivity contribution in [3.63, 3.8) is 0 Å². The van der Waals surface area contributed by atoms with Crippen LogP contribution in [-0.4, -0.2) is 40.7 Å². The molecule has 8 nitrogen and oxygen atoms in total. The highest BCUT2D eigenvalue weighted by atomic mass is 16.5. The van der Waals surface area contributed by atoms with Crippen LogP contribution in [0, 0.1) is 0 Å². The Hall–Kier alpha value is -3.68. The zero-order valence-electron chi connectivity index (χ0n) is 15.4. The lowest BCUT2D eigenvalue weighted by Gasteiger charge is -2.06. The van der Waals surface area contributed by atoms with Crippen LogP contribution in [0.25, 0.3) is 5.69 Å². The molecule has 8 heteroatoms. The summed E-state index contributed by atoms with van der Waals surface area (Å²) < 4.78 is 11.4. The van der Waals surface area contributed by atoms with E-state index in [1.807, 2.05) is 30.3 Å². The van der Waals surface area contributed by atoms with Crippen molar-refractivity contribution < 1.29 is 19.1 Å². The third-order valence-electron chi connectivity index (χ3n) is 3.97. The summed E-state index contributed by atoms with van der Waals surface area (Å²) >= 11 is 0. The summed E-state index contributed by atoms with van der Waals surface area (Å²) in [6.07, 6.45) is 1.79. The Kier molecular flexibility index (Phi) is 6.35. The minimum atomic E-state index is -0.527. The van der Waals surface area contributed by atoms with Crippen LogP contribution in [0.2, 0.25) is 0 Å². The SMILES string of the molecule is COC(=O)c1ccccc1-n1cc(COC(=O)NCCc2ccccc2)nn1. The van der Waals surface area contributed by atoms with Crippen molar-refractivity contribution in [2.45, 2.75) is 13.0 Å². The molecule has 1 heterocycles. The molecule has 0 bridgehead atoms. The summed E-state index contributed by atoms with van der Waals surface area (Å²) in [5.41, 5.74) is 2.48. The van der Waals surface area contributed by atoms with Crippen LogP contribution in [0.5, 0.6) is 0 Å². The van der Waals surface area contributed by atoms with Gasteiger partial charge in [-0.15, -0.1) is 5.10 Å². The molecule has 0 saturated carbocycles. The van der Waals surface area contributed by atoms with E-state index in [0.717, 1.165) is 12.0 Å². The van der Waals surface area contributed by atoms with Gasteiger partial charge >= 0.3 is 12.1 Å². The molecule has 0 aliphatic heterocycles. The summed E-state index contributed by atoms with van der Waals surface area (Å²) in [6.45, 7) is 0.444. The average Bonchev–Trinajstić information content (AvgIpc) is 3.21. The first kappa shape index (κ1) is 19.1. The molecular formula is C20H20N4O4. The fourth-order valence-electron chi connectivity index (χ4n) is 2.58. The number of para-hydroxylation sites is 1. The van der Waals surface area contributed by atoms with E-state index in [4.69, 9.17) is 9.47 Å². The Bertz CT molecular complexity index is 940. The van der Waals surface area contributed by atoms with Gasteiger partial charge in [0, 0.05) is 6.54 Å². The van der Waals surface area contributed by atoms with E-state index in [-0.39, 0.29) is 6.61 Å². The van der Waals surface area contributed by atoms with Crippen molar-refractivity contribution >= 4 is 12.1 Å². The second-order valence-corrected chi connectivity index (χ2v) is 5.90. The van der Waals surface area contributed by atoms with Gasteiger partial charge in [0.15, 0.2) is 0 Å². The molecule has 0 atom stereocenters. The standard InChI is InChI=1S/C20H20N4O4/c1-27-19(25)17-9-5-6-10-18(17)24-13-16(22-23-24)14-28-20(26)21-12-11-15-7-3-2-4-8-15/h2-10,13H,11-12,14H2,1H3,(H,21,26). The Morgan fingerprint density at radius 3 is 2.61 bits per heavy atom. The highest BCUT2D eigenvalue weighted by molar-refractivity contribution is 5.93. The molecule has 28 heavy (non-hydrogen) atoms. The van der Waals surface area contributed by atoms with E-state index in [9.17, 15) is 9.59 Å². The van der Waals surface area contributed by atoms with Crippen molar-refractivity contribution in [1.29, 1.82) is 0 Å². The number of nitrogens with zero attached hydrogens (tertiary/aromatic N) is 3. The van der Waals surface area contributed by atoms with Crippen molar-refractivity contribution in [2.75, 3.05) is 13.7 Å². The van der Waals surface area contributed by atoms with E-state index >= 15 is 0 Å². The van der Waals surface area contributed by atoms with E-state index in [1.165, 1.54) is 11.8 Å². The predicted octanol–water partition coefficient (Wildman–Crippen LogP) is 2.52. The van der Waals surface area contributed by atoms with Gasteiger partial charge in [0.05, 0.1) is 24.6 Å². The van der Waals surface area contributed by atoms with Crippen LogP contribution >= 0.6 is 0 Å². The van der Waals surface area contributed by atoms with E-state index < -0.39 is 12.1 Å². The van der Waals surface area contributed by atoms with Gasteiger partial charge in [-0.1, -0.05) is 47.7 Å². The minimum Gasteiger partial charge on any atom is -0.465 e. The molecule has 0 fully saturated rings. The number of hydrogen-bond acceptors (Lipinski definition) is 6. The molecule has 144 valence electrons. The highest BCUT2D eigenvalue weighted by Gasteiger charge is 2.14. The first-order valence-corrected chi connectivity index (χ1v) is 8.71. The minimum absolute atomic E-state index is 0.0302. The van der Waals surface area contributed by atoms with E-state index in [2.05, 4.69) is 15.6 Å². The summed E-state index contributed by atoms with van der Waals surface area (Å²) in [7, 11) is 1.32. The van der Waals surface area contributed by atoms with Gasteiger partial charge in [0.25, 0.3) is 0 Å². The summed E-state index contributed by atoms with van der Waals surface area (Å²) in [5.74, 6) is -0.471. The molecular weight excluding hydrogens is 360 g/mol. The number of esters is 1. The first-order valence-electron chi connectivity index (χ1n) is 8.71. The van der Waals surface area contributed by atoms with Crippen LogP contribution in [0.15, 0.2) is 60.8 Å². The Morgan fingerprint density at radius 2 is 1.82 bits per heavy atom. The lowest BCUT2D eigenvalue weighted by atomic mass is 10.1. The maximum atomic E-state index is 11.9. The van der Waals surface area contributed by atoms with Gasteiger partial charge in [-0.25, -0.2) is 14.3 Å². The van der Waals surface area contributed by atoms with Gasteiger partial charge in [0.2, 0.25) is 0 Å². The fraction of sp³-hybridized carbons (Fsp3) is 0.200. The lowest BCUT2D eigenvalue weighted by Crippen LogP contribution is -2.26. The van der Waals surface area contributed by atoms with Gasteiger partial charge in [0.1, 0.15) is 12.3 Å². The number of methoxy groups -OCH3 is 1. The Morgan fingerprint density at radius 1 is 1.07 bits per heavy atom. The topological polar surface area (TPSA) is 95.3 Å². The molecule has 0 unspecified atom stereocenters. The Balaban J connectivity index is 1.52. The number of carbonyl (C=O) groups is 2. The normalized spacial score (nSPS) is 10.3. The molecule has 0 spiro atoms.